The Morgan fingerprint density at radius 1 is 1.47 bits per heavy atom. The van der Waals surface area contributed by atoms with Gasteiger partial charge in [0.05, 0.1) is 24.4 Å². The van der Waals surface area contributed by atoms with Crippen molar-refractivity contribution >= 4 is 10.9 Å². The average molecular weight is 203 g/mol. The van der Waals surface area contributed by atoms with Crippen LogP contribution in [0.4, 0.5) is 0 Å². The third kappa shape index (κ3) is 1.26. The van der Waals surface area contributed by atoms with Gasteiger partial charge in [-0.1, -0.05) is 18.2 Å². The second-order valence-corrected chi connectivity index (χ2v) is 3.72. The summed E-state index contributed by atoms with van der Waals surface area (Å²) in [6, 6.07) is 8.12. The predicted molar refractivity (Wildman–Crippen MR) is 57.5 cm³/mol. The maximum atomic E-state index is 5.70. The minimum absolute atomic E-state index is 0.00819. The molecule has 1 atom stereocenters. The van der Waals surface area contributed by atoms with E-state index in [1.54, 1.807) is 0 Å². The number of fused-ring (bicyclic) bond motifs is 3. The van der Waals surface area contributed by atoms with E-state index in [9.17, 15) is 0 Å². The van der Waals surface area contributed by atoms with Gasteiger partial charge in [0.2, 0.25) is 0 Å². The Bertz CT molecular complexity index is 492. The first-order chi connectivity index (χ1) is 7.40. The maximum Gasteiger partial charge on any atom is 0.112 e. The number of aromatic nitrogens is 2. The highest BCUT2D eigenvalue weighted by Crippen LogP contribution is 2.28. The van der Waals surface area contributed by atoms with Gasteiger partial charge in [-0.2, -0.15) is 5.10 Å². The molecule has 78 valence electrons. The van der Waals surface area contributed by atoms with Crippen LogP contribution in [0.3, 0.4) is 0 Å². The molecule has 1 aliphatic heterocycles. The Kier molecular flexibility index (Phi) is 1.97. The Morgan fingerprint density at radius 2 is 2.33 bits per heavy atom. The third-order valence-corrected chi connectivity index (χ3v) is 2.83. The fourth-order valence-corrected chi connectivity index (χ4v) is 2.15. The molecule has 0 amide bonds. The highest BCUT2D eigenvalue weighted by atomic mass is 16.5. The topological polar surface area (TPSA) is 53.1 Å². The standard InChI is InChI=1S/C11H13N3O/c12-7-10-11-8-3-1-2-4-9(8)13-14(11)5-6-15-10/h1-4,10H,5-7,12H2/t10-/m0/s1. The van der Waals surface area contributed by atoms with Crippen LogP contribution in [-0.2, 0) is 11.3 Å². The first-order valence-electron chi connectivity index (χ1n) is 5.17. The fraction of sp³-hybridized carbons (Fsp3) is 0.364. The van der Waals surface area contributed by atoms with Gasteiger partial charge in [-0.25, -0.2) is 0 Å². The molecule has 0 aliphatic carbocycles. The first kappa shape index (κ1) is 8.88. The van der Waals surface area contributed by atoms with E-state index in [1.807, 2.05) is 22.9 Å². The molecule has 2 heterocycles. The molecule has 0 bridgehead atoms. The largest absolute Gasteiger partial charge is 0.369 e. The molecule has 4 heteroatoms. The van der Waals surface area contributed by atoms with Crippen molar-refractivity contribution in [3.8, 4) is 0 Å². The van der Waals surface area contributed by atoms with Crippen LogP contribution in [-0.4, -0.2) is 22.9 Å². The number of rotatable bonds is 1. The highest BCUT2D eigenvalue weighted by Gasteiger charge is 2.23. The number of hydrogen-bond acceptors (Lipinski definition) is 3. The Balaban J connectivity index is 2.27. The lowest BCUT2D eigenvalue weighted by molar-refractivity contribution is 0.0236. The van der Waals surface area contributed by atoms with E-state index in [-0.39, 0.29) is 6.10 Å². The Labute approximate surface area is 87.6 Å². The third-order valence-electron chi connectivity index (χ3n) is 2.83. The molecule has 0 unspecified atom stereocenters. The Hall–Kier alpha value is -1.39. The maximum absolute atomic E-state index is 5.70. The molecular weight excluding hydrogens is 190 g/mol. The van der Waals surface area contributed by atoms with Crippen molar-refractivity contribution < 1.29 is 4.74 Å². The van der Waals surface area contributed by atoms with Gasteiger partial charge in [0, 0.05) is 11.9 Å². The van der Waals surface area contributed by atoms with E-state index in [0.717, 1.165) is 23.1 Å². The monoisotopic (exact) mass is 203 g/mol. The predicted octanol–water partition coefficient (Wildman–Crippen LogP) is 1.07. The van der Waals surface area contributed by atoms with Crippen molar-refractivity contribution in [3.05, 3.63) is 30.0 Å². The molecule has 1 aromatic carbocycles. The van der Waals surface area contributed by atoms with Gasteiger partial charge in [0.1, 0.15) is 6.10 Å². The zero-order valence-electron chi connectivity index (χ0n) is 8.39. The molecule has 0 radical (unpaired) electrons. The summed E-state index contributed by atoms with van der Waals surface area (Å²) in [7, 11) is 0. The van der Waals surface area contributed by atoms with Crippen molar-refractivity contribution in [2.45, 2.75) is 12.6 Å². The van der Waals surface area contributed by atoms with Crippen LogP contribution < -0.4 is 5.73 Å². The molecule has 2 N–H and O–H groups in total. The first-order valence-corrected chi connectivity index (χ1v) is 5.17. The molecule has 4 nitrogen and oxygen atoms in total. The van der Waals surface area contributed by atoms with Crippen LogP contribution in [0.5, 0.6) is 0 Å². The molecule has 0 saturated carbocycles. The van der Waals surface area contributed by atoms with E-state index in [1.165, 1.54) is 0 Å². The molecule has 0 fully saturated rings. The molecule has 1 aliphatic rings. The summed E-state index contributed by atoms with van der Waals surface area (Å²) in [6.45, 7) is 2.03. The summed E-state index contributed by atoms with van der Waals surface area (Å²) >= 11 is 0. The quantitative estimate of drug-likeness (QED) is 0.754. The molecule has 1 aromatic heterocycles. The minimum atomic E-state index is -0.00819. The summed E-state index contributed by atoms with van der Waals surface area (Å²) < 4.78 is 7.65. The van der Waals surface area contributed by atoms with Crippen LogP contribution in [0.15, 0.2) is 24.3 Å². The molecular formula is C11H13N3O. The molecule has 15 heavy (non-hydrogen) atoms. The summed E-state index contributed by atoms with van der Waals surface area (Å²) in [6.07, 6.45) is -0.00819. The number of hydrogen-bond donors (Lipinski definition) is 1. The SMILES string of the molecule is NC[C@@H]1OCCn2nc3ccccc3c21. The molecule has 3 rings (SSSR count). The minimum Gasteiger partial charge on any atom is -0.369 e. The van der Waals surface area contributed by atoms with Crippen molar-refractivity contribution in [2.75, 3.05) is 13.2 Å². The fourth-order valence-electron chi connectivity index (χ4n) is 2.15. The normalized spacial score (nSPS) is 20.5. The van der Waals surface area contributed by atoms with Crippen molar-refractivity contribution in [2.24, 2.45) is 5.73 Å². The lowest BCUT2D eigenvalue weighted by Gasteiger charge is -2.23. The van der Waals surface area contributed by atoms with Gasteiger partial charge < -0.3 is 10.5 Å². The Morgan fingerprint density at radius 3 is 3.20 bits per heavy atom. The van der Waals surface area contributed by atoms with Gasteiger partial charge in [0.15, 0.2) is 0 Å². The van der Waals surface area contributed by atoms with E-state index < -0.39 is 0 Å². The van der Waals surface area contributed by atoms with Crippen molar-refractivity contribution in [1.82, 2.24) is 9.78 Å². The second kappa shape index (κ2) is 3.32. The zero-order chi connectivity index (χ0) is 10.3. The average Bonchev–Trinajstić information content (AvgIpc) is 2.67. The molecule has 0 saturated heterocycles. The van der Waals surface area contributed by atoms with E-state index in [4.69, 9.17) is 10.5 Å². The van der Waals surface area contributed by atoms with Crippen LogP contribution in [0.1, 0.15) is 11.8 Å². The number of nitrogens with two attached hydrogens (primary N) is 1. The second-order valence-electron chi connectivity index (χ2n) is 3.72. The summed E-state index contributed by atoms with van der Waals surface area (Å²) in [4.78, 5) is 0. The summed E-state index contributed by atoms with van der Waals surface area (Å²) in [5.41, 5.74) is 7.85. The van der Waals surface area contributed by atoms with Crippen LogP contribution in [0.25, 0.3) is 10.9 Å². The van der Waals surface area contributed by atoms with E-state index in [2.05, 4.69) is 11.2 Å². The summed E-state index contributed by atoms with van der Waals surface area (Å²) in [5, 5.41) is 5.69. The zero-order valence-corrected chi connectivity index (χ0v) is 8.39. The van der Waals surface area contributed by atoms with Gasteiger partial charge >= 0.3 is 0 Å². The van der Waals surface area contributed by atoms with Crippen LogP contribution >= 0.6 is 0 Å². The number of nitrogens with zero attached hydrogens (tertiary/aromatic N) is 2. The molecule has 2 aromatic rings. The van der Waals surface area contributed by atoms with Crippen LogP contribution in [0.2, 0.25) is 0 Å². The smallest absolute Gasteiger partial charge is 0.112 e. The lowest BCUT2D eigenvalue weighted by Crippen LogP contribution is -2.27. The molecule has 0 spiro atoms. The van der Waals surface area contributed by atoms with E-state index >= 15 is 0 Å². The number of ether oxygens (including phenoxy) is 1. The van der Waals surface area contributed by atoms with Crippen molar-refractivity contribution in [1.29, 1.82) is 0 Å². The van der Waals surface area contributed by atoms with Gasteiger partial charge in [-0.3, -0.25) is 4.68 Å². The summed E-state index contributed by atoms with van der Waals surface area (Å²) in [5.74, 6) is 0. The van der Waals surface area contributed by atoms with E-state index in [0.29, 0.717) is 13.2 Å². The van der Waals surface area contributed by atoms with Gasteiger partial charge in [-0.05, 0) is 6.07 Å². The van der Waals surface area contributed by atoms with Crippen molar-refractivity contribution in [3.63, 3.8) is 0 Å². The highest BCUT2D eigenvalue weighted by molar-refractivity contribution is 5.82. The lowest BCUT2D eigenvalue weighted by atomic mass is 10.1. The number of benzene rings is 1. The van der Waals surface area contributed by atoms with Gasteiger partial charge in [-0.15, -0.1) is 0 Å². The van der Waals surface area contributed by atoms with Gasteiger partial charge in [0.25, 0.3) is 0 Å². The van der Waals surface area contributed by atoms with Crippen LogP contribution in [0, 0.1) is 0 Å².